The Hall–Kier alpha value is -2.96. The van der Waals surface area contributed by atoms with Crippen LogP contribution in [0.2, 0.25) is 0 Å². The molecular weight excluding hydrogens is 256 g/mol. The zero-order chi connectivity index (χ0) is 13.9. The van der Waals surface area contributed by atoms with Crippen LogP contribution >= 0.6 is 0 Å². The quantitative estimate of drug-likeness (QED) is 0.752. The van der Waals surface area contributed by atoms with E-state index in [0.29, 0.717) is 5.82 Å². The summed E-state index contributed by atoms with van der Waals surface area (Å²) in [5.41, 5.74) is 2.08. The van der Waals surface area contributed by atoms with E-state index in [2.05, 4.69) is 25.8 Å². The first-order chi connectivity index (χ1) is 9.72. The summed E-state index contributed by atoms with van der Waals surface area (Å²) in [5, 5.41) is 17.0. The van der Waals surface area contributed by atoms with Crippen molar-refractivity contribution < 1.29 is 4.79 Å². The molecule has 2 N–H and O–H groups in total. The number of aromatic amines is 1. The Morgan fingerprint density at radius 2 is 2.10 bits per heavy atom. The lowest BCUT2D eigenvalue weighted by Gasteiger charge is -1.96. The van der Waals surface area contributed by atoms with Crippen LogP contribution in [0, 0.1) is 0 Å². The zero-order valence-electron chi connectivity index (χ0n) is 10.7. The molecule has 2 heterocycles. The first-order valence-electron chi connectivity index (χ1n) is 6.01. The maximum Gasteiger partial charge on any atom is 0.279 e. The third-order valence-corrected chi connectivity index (χ3v) is 2.74. The number of H-pyrrole nitrogens is 1. The van der Waals surface area contributed by atoms with Crippen molar-refractivity contribution in [1.29, 1.82) is 0 Å². The number of carbonyl (C=O) groups is 1. The molecule has 7 nitrogen and oxygen atoms in total. The van der Waals surface area contributed by atoms with Gasteiger partial charge in [0.15, 0.2) is 11.5 Å². The molecule has 20 heavy (non-hydrogen) atoms. The second kappa shape index (κ2) is 4.96. The monoisotopic (exact) mass is 268 g/mol. The molecule has 0 atom stereocenters. The average molecular weight is 268 g/mol. The largest absolute Gasteiger partial charge is 0.304 e. The maximum absolute atomic E-state index is 11.9. The van der Waals surface area contributed by atoms with Gasteiger partial charge in [0.2, 0.25) is 0 Å². The molecule has 3 aromatic rings. The number of hydrogen-bond donors (Lipinski definition) is 2. The summed E-state index contributed by atoms with van der Waals surface area (Å²) < 4.78 is 1.47. The molecule has 1 aromatic carbocycles. The van der Waals surface area contributed by atoms with Crippen molar-refractivity contribution >= 4 is 11.7 Å². The van der Waals surface area contributed by atoms with Gasteiger partial charge in [0, 0.05) is 13.1 Å². The number of anilines is 1. The zero-order valence-corrected chi connectivity index (χ0v) is 10.7. The van der Waals surface area contributed by atoms with Crippen molar-refractivity contribution in [3.63, 3.8) is 0 Å². The van der Waals surface area contributed by atoms with Gasteiger partial charge in [-0.25, -0.2) is 0 Å². The molecule has 2 aromatic heterocycles. The fourth-order valence-corrected chi connectivity index (χ4v) is 1.78. The van der Waals surface area contributed by atoms with Gasteiger partial charge >= 0.3 is 0 Å². The molecule has 3 rings (SSSR count). The minimum Gasteiger partial charge on any atom is -0.304 e. The van der Waals surface area contributed by atoms with Gasteiger partial charge in [0.25, 0.3) is 5.91 Å². The highest BCUT2D eigenvalue weighted by atomic mass is 16.2. The lowest BCUT2D eigenvalue weighted by atomic mass is 10.2. The maximum atomic E-state index is 11.9. The van der Waals surface area contributed by atoms with E-state index in [-0.39, 0.29) is 11.6 Å². The first-order valence-corrected chi connectivity index (χ1v) is 6.01. The van der Waals surface area contributed by atoms with Crippen molar-refractivity contribution in [3.05, 3.63) is 48.3 Å². The van der Waals surface area contributed by atoms with Gasteiger partial charge in [0.1, 0.15) is 0 Å². The lowest BCUT2D eigenvalue weighted by Crippen LogP contribution is -2.12. The number of hydrogen-bond acceptors (Lipinski definition) is 4. The Kier molecular flexibility index (Phi) is 3.00. The van der Waals surface area contributed by atoms with E-state index in [4.69, 9.17) is 0 Å². The van der Waals surface area contributed by atoms with Crippen LogP contribution in [-0.2, 0) is 7.05 Å². The predicted molar refractivity (Wildman–Crippen MR) is 73.0 cm³/mol. The van der Waals surface area contributed by atoms with Crippen LogP contribution in [0.4, 0.5) is 5.82 Å². The number of benzene rings is 1. The van der Waals surface area contributed by atoms with Gasteiger partial charge in [-0.2, -0.15) is 5.10 Å². The highest BCUT2D eigenvalue weighted by Gasteiger charge is 2.12. The standard InChI is InChI=1S/C13H12N6O/c1-19-8-11(16-18-19)13(20)14-12-7-10(15-17-12)9-5-3-2-4-6-9/h2-8H,1H3,(H2,14,15,17,20). The number of amides is 1. The molecule has 0 spiro atoms. The molecule has 1 amide bonds. The number of aryl methyl sites for hydroxylation is 1. The van der Waals surface area contributed by atoms with Gasteiger partial charge in [0.05, 0.1) is 11.9 Å². The van der Waals surface area contributed by atoms with Crippen LogP contribution in [0.5, 0.6) is 0 Å². The summed E-state index contributed by atoms with van der Waals surface area (Å²) in [4.78, 5) is 11.9. The molecule has 0 saturated carbocycles. The summed E-state index contributed by atoms with van der Waals surface area (Å²) >= 11 is 0. The Labute approximate surface area is 114 Å². The van der Waals surface area contributed by atoms with Crippen molar-refractivity contribution in [1.82, 2.24) is 25.2 Å². The minimum atomic E-state index is -0.343. The topological polar surface area (TPSA) is 88.5 Å². The summed E-state index contributed by atoms with van der Waals surface area (Å²) in [6, 6.07) is 11.5. The summed E-state index contributed by atoms with van der Waals surface area (Å²) in [7, 11) is 1.70. The molecule has 0 aliphatic heterocycles. The number of rotatable bonds is 3. The normalized spacial score (nSPS) is 10.4. The number of nitrogens with one attached hydrogen (secondary N) is 2. The number of nitrogens with zero attached hydrogens (tertiary/aromatic N) is 4. The first kappa shape index (κ1) is 12.1. The molecule has 0 saturated heterocycles. The number of carbonyl (C=O) groups excluding carboxylic acids is 1. The fraction of sp³-hybridized carbons (Fsp3) is 0.0769. The molecule has 0 aliphatic carbocycles. The fourth-order valence-electron chi connectivity index (χ4n) is 1.78. The second-order valence-electron chi connectivity index (χ2n) is 4.26. The van der Waals surface area contributed by atoms with Crippen molar-refractivity contribution in [3.8, 4) is 11.3 Å². The molecule has 100 valence electrons. The van der Waals surface area contributed by atoms with E-state index in [1.54, 1.807) is 19.3 Å². The summed E-state index contributed by atoms with van der Waals surface area (Å²) in [6.07, 6.45) is 1.54. The molecule has 0 bridgehead atoms. The van der Waals surface area contributed by atoms with Gasteiger partial charge in [-0.05, 0) is 5.56 Å². The third-order valence-electron chi connectivity index (χ3n) is 2.74. The van der Waals surface area contributed by atoms with Gasteiger partial charge in [-0.3, -0.25) is 14.6 Å². The van der Waals surface area contributed by atoms with Gasteiger partial charge in [-0.15, -0.1) is 5.10 Å². The lowest BCUT2D eigenvalue weighted by molar-refractivity contribution is 0.102. The van der Waals surface area contributed by atoms with Crippen LogP contribution in [0.3, 0.4) is 0 Å². The van der Waals surface area contributed by atoms with Crippen molar-refractivity contribution in [2.24, 2.45) is 7.05 Å². The third kappa shape index (κ3) is 2.41. The Balaban J connectivity index is 1.76. The van der Waals surface area contributed by atoms with Crippen molar-refractivity contribution in [2.45, 2.75) is 0 Å². The van der Waals surface area contributed by atoms with E-state index in [1.807, 2.05) is 30.3 Å². The van der Waals surface area contributed by atoms with E-state index >= 15 is 0 Å². The van der Waals surface area contributed by atoms with E-state index in [9.17, 15) is 4.79 Å². The molecule has 0 unspecified atom stereocenters. The smallest absolute Gasteiger partial charge is 0.279 e. The van der Waals surface area contributed by atoms with E-state index in [1.165, 1.54) is 4.68 Å². The number of aromatic nitrogens is 5. The minimum absolute atomic E-state index is 0.247. The van der Waals surface area contributed by atoms with Crippen molar-refractivity contribution in [2.75, 3.05) is 5.32 Å². The van der Waals surface area contributed by atoms with E-state index < -0.39 is 0 Å². The van der Waals surface area contributed by atoms with Gasteiger partial charge in [-0.1, -0.05) is 35.5 Å². The Morgan fingerprint density at radius 1 is 1.30 bits per heavy atom. The SMILES string of the molecule is Cn1cc(C(=O)Nc2cc(-c3ccccc3)[nH]n2)nn1. The van der Waals surface area contributed by atoms with Crippen LogP contribution < -0.4 is 5.32 Å². The van der Waals surface area contributed by atoms with E-state index in [0.717, 1.165) is 11.3 Å². The Bertz CT molecular complexity index is 730. The highest BCUT2D eigenvalue weighted by molar-refractivity contribution is 6.02. The molecular formula is C13H12N6O. The average Bonchev–Trinajstić information content (AvgIpc) is 3.09. The molecule has 7 heteroatoms. The highest BCUT2D eigenvalue weighted by Crippen LogP contribution is 2.19. The van der Waals surface area contributed by atoms with Crippen LogP contribution in [0.25, 0.3) is 11.3 Å². The van der Waals surface area contributed by atoms with Crippen LogP contribution in [-0.4, -0.2) is 31.1 Å². The summed E-state index contributed by atoms with van der Waals surface area (Å²) in [5.74, 6) is 0.101. The Morgan fingerprint density at radius 3 is 2.80 bits per heavy atom. The molecule has 0 aliphatic rings. The summed E-state index contributed by atoms with van der Waals surface area (Å²) in [6.45, 7) is 0. The predicted octanol–water partition coefficient (Wildman–Crippen LogP) is 1.46. The molecule has 0 fully saturated rings. The van der Waals surface area contributed by atoms with Crippen LogP contribution in [0.1, 0.15) is 10.5 Å². The second-order valence-corrected chi connectivity index (χ2v) is 4.26. The molecule has 0 radical (unpaired) electrons. The van der Waals surface area contributed by atoms with Crippen LogP contribution in [0.15, 0.2) is 42.6 Å². The van der Waals surface area contributed by atoms with Gasteiger partial charge < -0.3 is 5.32 Å².